The number of nitrogens with zero attached hydrogens (tertiary/aromatic N) is 1. The fourth-order valence-electron chi connectivity index (χ4n) is 3.94. The molecule has 1 aliphatic carbocycles. The zero-order chi connectivity index (χ0) is 13.2. The maximum absolute atomic E-state index is 9.22. The minimum absolute atomic E-state index is 0.364. The highest BCUT2D eigenvalue weighted by molar-refractivity contribution is 4.97. The van der Waals surface area contributed by atoms with Crippen molar-refractivity contribution in [3.8, 4) is 0 Å². The number of hydrogen-bond acceptors (Lipinski definition) is 3. The zero-order valence-corrected chi connectivity index (χ0v) is 12.3. The molecule has 3 nitrogen and oxygen atoms in total. The average molecular weight is 254 g/mol. The van der Waals surface area contributed by atoms with E-state index >= 15 is 0 Å². The van der Waals surface area contributed by atoms with Crippen LogP contribution in [0.25, 0.3) is 0 Å². The van der Waals surface area contributed by atoms with Gasteiger partial charge in [-0.25, -0.2) is 0 Å². The van der Waals surface area contributed by atoms with Gasteiger partial charge in [0.05, 0.1) is 0 Å². The molecule has 0 aromatic heterocycles. The molecular formula is C15H30N2O. The van der Waals surface area contributed by atoms with Gasteiger partial charge in [-0.1, -0.05) is 20.8 Å². The molecule has 3 atom stereocenters. The maximum atomic E-state index is 9.22. The van der Waals surface area contributed by atoms with E-state index < -0.39 is 0 Å². The van der Waals surface area contributed by atoms with Crippen LogP contribution in [0, 0.1) is 17.3 Å². The first kappa shape index (κ1) is 14.3. The summed E-state index contributed by atoms with van der Waals surface area (Å²) in [5.41, 5.74) is 0.441. The lowest BCUT2D eigenvalue weighted by Crippen LogP contribution is -2.45. The standard InChI is InChI=1S/C15H30N2O/c1-4-16-14-13(5-7-15(14,2)3)10-17-8-6-12(9-17)11-18/h12-14,16,18H,4-11H2,1-3H3. The second kappa shape index (κ2) is 5.89. The molecule has 0 aromatic carbocycles. The van der Waals surface area contributed by atoms with E-state index in [0.717, 1.165) is 19.0 Å². The Balaban J connectivity index is 1.89. The SMILES string of the molecule is CCNC1C(CN2CCC(CO)C2)CCC1(C)C. The lowest BCUT2D eigenvalue weighted by Gasteiger charge is -2.33. The van der Waals surface area contributed by atoms with Crippen molar-refractivity contribution >= 4 is 0 Å². The summed E-state index contributed by atoms with van der Waals surface area (Å²) in [5, 5.41) is 12.9. The Morgan fingerprint density at radius 1 is 1.33 bits per heavy atom. The van der Waals surface area contributed by atoms with Gasteiger partial charge in [0, 0.05) is 25.7 Å². The van der Waals surface area contributed by atoms with Gasteiger partial charge >= 0.3 is 0 Å². The molecule has 0 spiro atoms. The van der Waals surface area contributed by atoms with E-state index in [2.05, 4.69) is 31.0 Å². The predicted molar refractivity (Wildman–Crippen MR) is 75.6 cm³/mol. The Morgan fingerprint density at radius 2 is 2.11 bits per heavy atom. The maximum Gasteiger partial charge on any atom is 0.0471 e. The normalized spacial score (nSPS) is 36.3. The molecule has 3 unspecified atom stereocenters. The molecule has 2 rings (SSSR count). The minimum Gasteiger partial charge on any atom is -0.396 e. The van der Waals surface area contributed by atoms with Gasteiger partial charge in [-0.05, 0) is 49.6 Å². The van der Waals surface area contributed by atoms with Crippen LogP contribution in [0.2, 0.25) is 0 Å². The molecule has 18 heavy (non-hydrogen) atoms. The number of nitrogens with one attached hydrogen (secondary N) is 1. The van der Waals surface area contributed by atoms with Crippen molar-refractivity contribution in [1.82, 2.24) is 10.2 Å². The van der Waals surface area contributed by atoms with E-state index in [4.69, 9.17) is 0 Å². The predicted octanol–water partition coefficient (Wildman–Crippen LogP) is 1.71. The average Bonchev–Trinajstić information content (AvgIpc) is 2.89. The van der Waals surface area contributed by atoms with Gasteiger partial charge < -0.3 is 15.3 Å². The largest absolute Gasteiger partial charge is 0.396 e. The van der Waals surface area contributed by atoms with E-state index in [1.165, 1.54) is 32.4 Å². The van der Waals surface area contributed by atoms with Crippen LogP contribution in [0.4, 0.5) is 0 Å². The molecule has 1 aliphatic heterocycles. The van der Waals surface area contributed by atoms with Gasteiger partial charge in [-0.15, -0.1) is 0 Å². The van der Waals surface area contributed by atoms with E-state index in [0.29, 0.717) is 24.0 Å². The van der Waals surface area contributed by atoms with E-state index in [-0.39, 0.29) is 0 Å². The number of aliphatic hydroxyl groups excluding tert-OH is 1. The van der Waals surface area contributed by atoms with Gasteiger partial charge in [0.15, 0.2) is 0 Å². The van der Waals surface area contributed by atoms with Crippen molar-refractivity contribution < 1.29 is 5.11 Å². The molecule has 2 fully saturated rings. The van der Waals surface area contributed by atoms with Crippen LogP contribution in [0.15, 0.2) is 0 Å². The number of rotatable bonds is 5. The van der Waals surface area contributed by atoms with Crippen molar-refractivity contribution in [1.29, 1.82) is 0 Å². The van der Waals surface area contributed by atoms with Crippen LogP contribution >= 0.6 is 0 Å². The molecule has 0 aromatic rings. The summed E-state index contributed by atoms with van der Waals surface area (Å²) in [5.74, 6) is 1.31. The van der Waals surface area contributed by atoms with Gasteiger partial charge in [-0.2, -0.15) is 0 Å². The Kier molecular flexibility index (Phi) is 4.68. The van der Waals surface area contributed by atoms with Gasteiger partial charge in [0.25, 0.3) is 0 Å². The highest BCUT2D eigenvalue weighted by Crippen LogP contribution is 2.42. The first-order valence-corrected chi connectivity index (χ1v) is 7.63. The highest BCUT2D eigenvalue weighted by Gasteiger charge is 2.42. The summed E-state index contributed by atoms with van der Waals surface area (Å²) >= 11 is 0. The van der Waals surface area contributed by atoms with Crippen molar-refractivity contribution in [2.45, 2.75) is 46.1 Å². The van der Waals surface area contributed by atoms with Crippen molar-refractivity contribution in [2.75, 3.05) is 32.8 Å². The van der Waals surface area contributed by atoms with Gasteiger partial charge in [-0.3, -0.25) is 0 Å². The molecule has 1 heterocycles. The molecule has 0 bridgehead atoms. The van der Waals surface area contributed by atoms with Crippen LogP contribution in [-0.4, -0.2) is 48.8 Å². The highest BCUT2D eigenvalue weighted by atomic mass is 16.3. The summed E-state index contributed by atoms with van der Waals surface area (Å²) in [6.45, 7) is 12.0. The van der Waals surface area contributed by atoms with Crippen LogP contribution in [0.1, 0.15) is 40.0 Å². The van der Waals surface area contributed by atoms with Crippen molar-refractivity contribution in [3.63, 3.8) is 0 Å². The number of hydrogen-bond donors (Lipinski definition) is 2. The summed E-state index contributed by atoms with van der Waals surface area (Å²) in [6, 6.07) is 0.663. The smallest absolute Gasteiger partial charge is 0.0471 e. The molecule has 3 heteroatoms. The lowest BCUT2D eigenvalue weighted by atomic mass is 9.84. The first-order valence-electron chi connectivity index (χ1n) is 7.63. The Morgan fingerprint density at radius 3 is 2.72 bits per heavy atom. The molecule has 2 N–H and O–H groups in total. The summed E-state index contributed by atoms with van der Waals surface area (Å²) < 4.78 is 0. The van der Waals surface area contributed by atoms with Crippen LogP contribution in [-0.2, 0) is 0 Å². The Hall–Kier alpha value is -0.120. The Labute approximate surface area is 112 Å². The van der Waals surface area contributed by atoms with Gasteiger partial charge in [0.1, 0.15) is 0 Å². The molecular weight excluding hydrogens is 224 g/mol. The zero-order valence-electron chi connectivity index (χ0n) is 12.3. The molecule has 0 amide bonds. The third-order valence-electron chi connectivity index (χ3n) is 5.02. The van der Waals surface area contributed by atoms with E-state index in [1.54, 1.807) is 0 Å². The third-order valence-corrected chi connectivity index (χ3v) is 5.02. The molecule has 0 radical (unpaired) electrons. The van der Waals surface area contributed by atoms with Crippen molar-refractivity contribution in [2.24, 2.45) is 17.3 Å². The minimum atomic E-state index is 0.364. The topological polar surface area (TPSA) is 35.5 Å². The second-order valence-corrected chi connectivity index (χ2v) is 6.92. The quantitative estimate of drug-likeness (QED) is 0.784. The fraction of sp³-hybridized carbons (Fsp3) is 1.00. The third kappa shape index (κ3) is 3.06. The van der Waals surface area contributed by atoms with Crippen LogP contribution in [0.3, 0.4) is 0 Å². The van der Waals surface area contributed by atoms with E-state index in [1.807, 2.05) is 0 Å². The molecule has 1 saturated heterocycles. The lowest BCUT2D eigenvalue weighted by molar-refractivity contribution is 0.188. The monoisotopic (exact) mass is 254 g/mol. The molecule has 2 aliphatic rings. The Bertz CT molecular complexity index is 267. The van der Waals surface area contributed by atoms with Crippen LogP contribution in [0.5, 0.6) is 0 Å². The van der Waals surface area contributed by atoms with Crippen molar-refractivity contribution in [3.05, 3.63) is 0 Å². The summed E-state index contributed by atoms with van der Waals surface area (Å²) in [6.07, 6.45) is 3.87. The second-order valence-electron chi connectivity index (χ2n) is 6.92. The summed E-state index contributed by atoms with van der Waals surface area (Å²) in [4.78, 5) is 2.57. The molecule has 106 valence electrons. The van der Waals surface area contributed by atoms with Crippen LogP contribution < -0.4 is 5.32 Å². The number of likely N-dealkylation sites (tertiary alicyclic amines) is 1. The first-order chi connectivity index (χ1) is 8.56. The number of aliphatic hydroxyl groups is 1. The molecule has 1 saturated carbocycles. The summed E-state index contributed by atoms with van der Waals surface area (Å²) in [7, 11) is 0. The van der Waals surface area contributed by atoms with E-state index in [9.17, 15) is 5.11 Å². The van der Waals surface area contributed by atoms with Gasteiger partial charge in [0.2, 0.25) is 0 Å². The fourth-order valence-corrected chi connectivity index (χ4v) is 3.94.